The van der Waals surface area contributed by atoms with Gasteiger partial charge in [0.15, 0.2) is 11.6 Å². The summed E-state index contributed by atoms with van der Waals surface area (Å²) < 4.78 is 34.0. The van der Waals surface area contributed by atoms with Crippen LogP contribution in [0.2, 0.25) is 0 Å². The average Bonchev–Trinajstić information content (AvgIpc) is 3.48. The van der Waals surface area contributed by atoms with Gasteiger partial charge in [0.25, 0.3) is 15.9 Å². The van der Waals surface area contributed by atoms with Crippen LogP contribution in [0.4, 0.5) is 5.69 Å². The van der Waals surface area contributed by atoms with E-state index in [2.05, 4.69) is 10.3 Å². The number of carbonyl (C=O) groups excluding carboxylic acids is 1. The second-order valence-electron chi connectivity index (χ2n) is 6.29. The Labute approximate surface area is 181 Å². The predicted octanol–water partition coefficient (Wildman–Crippen LogP) is 2.98. The highest BCUT2D eigenvalue weighted by atomic mass is 32.2. The normalized spacial score (nSPS) is 11.5. The number of nitrogens with one attached hydrogen (secondary N) is 1. The second-order valence-corrected chi connectivity index (χ2v) is 10.3. The van der Waals surface area contributed by atoms with Crippen molar-refractivity contribution in [2.24, 2.45) is 0 Å². The van der Waals surface area contributed by atoms with Gasteiger partial charge < -0.3 is 10.1 Å². The molecule has 0 saturated carbocycles. The van der Waals surface area contributed by atoms with Crippen molar-refractivity contribution in [1.29, 1.82) is 0 Å². The monoisotopic (exact) mass is 462 g/mol. The molecule has 0 aliphatic carbocycles. The van der Waals surface area contributed by atoms with Gasteiger partial charge in [-0.25, -0.2) is 13.4 Å². The largest absolute Gasteiger partial charge is 0.484 e. The fraction of sp³-hybridized carbons (Fsp3) is 0.158. The standard InChI is InChI=1S/C19H18N4O4S3/c1-22(30(25,26)18-3-2-9-28-18)15-4-6-16(7-5-15)27-13-17(24)20-11-14-12-23-8-10-29-19(23)21-14/h2-10,12H,11,13H2,1H3,(H,20,24). The summed E-state index contributed by atoms with van der Waals surface area (Å²) in [4.78, 5) is 17.3. The molecule has 156 valence electrons. The molecular weight excluding hydrogens is 444 g/mol. The van der Waals surface area contributed by atoms with Crippen LogP contribution in [0, 0.1) is 0 Å². The van der Waals surface area contributed by atoms with Crippen molar-refractivity contribution in [3.8, 4) is 5.75 Å². The number of anilines is 1. The molecule has 1 N–H and O–H groups in total. The molecule has 0 saturated heterocycles. The Balaban J connectivity index is 1.30. The zero-order chi connectivity index (χ0) is 21.1. The van der Waals surface area contributed by atoms with Crippen molar-refractivity contribution in [3.05, 3.63) is 65.2 Å². The van der Waals surface area contributed by atoms with Gasteiger partial charge in [0.1, 0.15) is 9.96 Å². The zero-order valence-electron chi connectivity index (χ0n) is 15.9. The number of thiazole rings is 1. The van der Waals surface area contributed by atoms with Crippen LogP contribution in [-0.4, -0.2) is 37.4 Å². The number of ether oxygens (including phenoxy) is 1. The van der Waals surface area contributed by atoms with Gasteiger partial charge in [0.2, 0.25) is 0 Å². The lowest BCUT2D eigenvalue weighted by atomic mass is 10.3. The van der Waals surface area contributed by atoms with E-state index in [9.17, 15) is 13.2 Å². The van der Waals surface area contributed by atoms with E-state index in [1.165, 1.54) is 34.0 Å². The number of carbonyl (C=O) groups is 1. The van der Waals surface area contributed by atoms with Crippen molar-refractivity contribution in [3.63, 3.8) is 0 Å². The Morgan fingerprint density at radius 1 is 1.20 bits per heavy atom. The molecule has 1 amide bonds. The van der Waals surface area contributed by atoms with Crippen molar-refractivity contribution in [2.45, 2.75) is 10.8 Å². The van der Waals surface area contributed by atoms with E-state index in [-0.39, 0.29) is 16.7 Å². The molecule has 0 unspecified atom stereocenters. The number of nitrogens with zero attached hydrogens (tertiary/aromatic N) is 3. The third-order valence-corrected chi connectivity index (χ3v) is 8.22. The summed E-state index contributed by atoms with van der Waals surface area (Å²) in [6.45, 7) is 0.172. The number of fused-ring (bicyclic) bond motifs is 1. The molecule has 1 aromatic carbocycles. The van der Waals surface area contributed by atoms with Crippen molar-refractivity contribution < 1.29 is 17.9 Å². The Hall–Kier alpha value is -2.89. The molecule has 4 rings (SSSR count). The highest BCUT2D eigenvalue weighted by Gasteiger charge is 2.22. The van der Waals surface area contributed by atoms with Crippen LogP contribution in [0.1, 0.15) is 5.69 Å². The molecule has 0 aliphatic heterocycles. The topological polar surface area (TPSA) is 93.0 Å². The van der Waals surface area contributed by atoms with E-state index in [4.69, 9.17) is 4.74 Å². The van der Waals surface area contributed by atoms with E-state index in [1.54, 1.807) is 41.8 Å². The molecule has 0 bridgehead atoms. The number of hydrogen-bond acceptors (Lipinski definition) is 7. The molecule has 0 radical (unpaired) electrons. The van der Waals surface area contributed by atoms with E-state index < -0.39 is 10.0 Å². The molecule has 4 aromatic rings. The summed E-state index contributed by atoms with van der Waals surface area (Å²) in [5.41, 5.74) is 1.27. The Morgan fingerprint density at radius 2 is 2.00 bits per heavy atom. The molecular formula is C19H18N4O4S3. The number of thiophene rings is 1. The Kier molecular flexibility index (Phi) is 5.75. The zero-order valence-corrected chi connectivity index (χ0v) is 18.3. The maximum absolute atomic E-state index is 12.6. The fourth-order valence-electron chi connectivity index (χ4n) is 2.69. The van der Waals surface area contributed by atoms with Crippen molar-refractivity contribution in [2.75, 3.05) is 18.0 Å². The van der Waals surface area contributed by atoms with E-state index in [0.29, 0.717) is 18.0 Å². The summed E-state index contributed by atoms with van der Waals surface area (Å²) in [7, 11) is -2.09. The lowest BCUT2D eigenvalue weighted by Crippen LogP contribution is -2.28. The van der Waals surface area contributed by atoms with E-state index in [0.717, 1.165) is 10.7 Å². The third kappa shape index (κ3) is 4.32. The lowest BCUT2D eigenvalue weighted by molar-refractivity contribution is -0.123. The number of rotatable bonds is 8. The van der Waals surface area contributed by atoms with E-state index >= 15 is 0 Å². The van der Waals surface area contributed by atoms with Gasteiger partial charge in [-0.3, -0.25) is 13.5 Å². The van der Waals surface area contributed by atoms with E-state index in [1.807, 2.05) is 22.2 Å². The van der Waals surface area contributed by atoms with Crippen LogP contribution in [-0.2, 0) is 21.4 Å². The maximum Gasteiger partial charge on any atom is 0.273 e. The number of imidazole rings is 1. The Bertz CT molecular complexity index is 1220. The smallest absolute Gasteiger partial charge is 0.273 e. The van der Waals surface area contributed by atoms with Crippen LogP contribution in [0.15, 0.2) is 63.8 Å². The van der Waals surface area contributed by atoms with Gasteiger partial charge in [0.05, 0.1) is 17.9 Å². The number of hydrogen-bond donors (Lipinski definition) is 1. The summed E-state index contributed by atoms with van der Waals surface area (Å²) in [5, 5.41) is 6.43. The highest BCUT2D eigenvalue weighted by Crippen LogP contribution is 2.26. The van der Waals surface area contributed by atoms with Crippen molar-refractivity contribution >= 4 is 49.3 Å². The molecule has 30 heavy (non-hydrogen) atoms. The molecule has 8 nitrogen and oxygen atoms in total. The molecule has 0 aliphatic rings. The van der Waals surface area contributed by atoms with Gasteiger partial charge in [-0.1, -0.05) is 6.07 Å². The van der Waals surface area contributed by atoms with Gasteiger partial charge in [-0.05, 0) is 35.7 Å². The van der Waals surface area contributed by atoms with Crippen LogP contribution in [0.25, 0.3) is 4.96 Å². The average molecular weight is 463 g/mol. The minimum Gasteiger partial charge on any atom is -0.484 e. The number of aromatic nitrogens is 2. The highest BCUT2D eigenvalue weighted by molar-refractivity contribution is 7.94. The number of benzene rings is 1. The number of sulfonamides is 1. The molecule has 3 heterocycles. The summed E-state index contributed by atoms with van der Waals surface area (Å²) in [5.74, 6) is 0.200. The molecule has 0 spiro atoms. The first-order valence-corrected chi connectivity index (χ1v) is 12.1. The quantitative estimate of drug-likeness (QED) is 0.435. The summed E-state index contributed by atoms with van der Waals surface area (Å²) in [6, 6.07) is 9.80. The first kappa shape index (κ1) is 20.4. The molecule has 0 fully saturated rings. The van der Waals surface area contributed by atoms with Crippen molar-refractivity contribution in [1.82, 2.24) is 14.7 Å². The van der Waals surface area contributed by atoms with Gasteiger partial charge >= 0.3 is 0 Å². The van der Waals surface area contributed by atoms with Gasteiger partial charge in [-0.2, -0.15) is 0 Å². The second kappa shape index (κ2) is 8.46. The molecule has 11 heteroatoms. The van der Waals surface area contributed by atoms with Crippen LogP contribution in [0.5, 0.6) is 5.75 Å². The maximum atomic E-state index is 12.6. The summed E-state index contributed by atoms with van der Waals surface area (Å²) >= 11 is 2.70. The fourth-order valence-corrected chi connectivity index (χ4v) is 5.76. The first-order valence-electron chi connectivity index (χ1n) is 8.86. The van der Waals surface area contributed by atoms with Crippen LogP contribution >= 0.6 is 22.7 Å². The SMILES string of the molecule is CN(c1ccc(OCC(=O)NCc2cn3ccsc3n2)cc1)S(=O)(=O)c1cccs1. The summed E-state index contributed by atoms with van der Waals surface area (Å²) in [6.07, 6.45) is 3.78. The van der Waals surface area contributed by atoms with Gasteiger partial charge in [0, 0.05) is 24.8 Å². The molecule has 3 aromatic heterocycles. The first-order chi connectivity index (χ1) is 14.4. The van der Waals surface area contributed by atoms with Crippen LogP contribution in [0.3, 0.4) is 0 Å². The molecule has 0 atom stereocenters. The number of amides is 1. The predicted molar refractivity (Wildman–Crippen MR) is 117 cm³/mol. The minimum atomic E-state index is -3.59. The minimum absolute atomic E-state index is 0.148. The van der Waals surface area contributed by atoms with Crippen LogP contribution < -0.4 is 14.4 Å². The lowest BCUT2D eigenvalue weighted by Gasteiger charge is -2.18. The van der Waals surface area contributed by atoms with Gasteiger partial charge in [-0.15, -0.1) is 22.7 Å². The third-order valence-electron chi connectivity index (χ3n) is 4.29. The Morgan fingerprint density at radius 3 is 2.70 bits per heavy atom.